The average molecular weight is 308 g/mol. The van der Waals surface area contributed by atoms with Crippen molar-refractivity contribution in [1.29, 1.82) is 5.26 Å². The largest absolute Gasteiger partial charge is 0.474 e. The minimum Gasteiger partial charge on any atom is -0.474 e. The summed E-state index contributed by atoms with van der Waals surface area (Å²) in [5.74, 6) is 1.03. The molecule has 6 nitrogen and oxygen atoms in total. The molecule has 0 aliphatic carbocycles. The summed E-state index contributed by atoms with van der Waals surface area (Å²) in [6, 6.07) is 12.6. The van der Waals surface area contributed by atoms with E-state index in [1.165, 1.54) is 0 Å². The molecule has 2 N–H and O–H groups in total. The number of carbonyl (C=O) groups is 1. The molecule has 1 aromatic carbocycles. The number of benzene rings is 1. The van der Waals surface area contributed by atoms with Crippen molar-refractivity contribution >= 4 is 17.5 Å². The third kappa shape index (κ3) is 2.69. The summed E-state index contributed by atoms with van der Waals surface area (Å²) in [6.45, 7) is 3.73. The van der Waals surface area contributed by atoms with Crippen LogP contribution in [0, 0.1) is 11.3 Å². The molecule has 2 aromatic rings. The number of nitrogens with two attached hydrogens (primary N) is 1. The molecule has 0 unspecified atom stereocenters. The van der Waals surface area contributed by atoms with Gasteiger partial charge in [-0.3, -0.25) is 9.69 Å². The summed E-state index contributed by atoms with van der Waals surface area (Å²) in [5.41, 5.74) is 6.14. The lowest BCUT2D eigenvalue weighted by atomic mass is 10.0. The van der Waals surface area contributed by atoms with Gasteiger partial charge in [0.2, 0.25) is 0 Å². The Hall–Kier alpha value is -3.07. The summed E-state index contributed by atoms with van der Waals surface area (Å²) < 4.78 is 5.74. The lowest BCUT2D eigenvalue weighted by Crippen LogP contribution is -2.52. The third-order valence-electron chi connectivity index (χ3n) is 3.64. The second kappa shape index (κ2) is 5.29. The van der Waals surface area contributed by atoms with Gasteiger partial charge in [0.05, 0.1) is 18.2 Å². The molecule has 1 amide bonds. The van der Waals surface area contributed by atoms with Crippen LogP contribution in [-0.2, 0) is 11.3 Å². The van der Waals surface area contributed by atoms with Gasteiger partial charge in [0, 0.05) is 0 Å². The molecule has 0 saturated carbocycles. The fourth-order valence-corrected chi connectivity index (χ4v) is 2.53. The van der Waals surface area contributed by atoms with E-state index in [0.29, 0.717) is 29.5 Å². The molecule has 0 fully saturated rings. The molecule has 0 bridgehead atoms. The zero-order valence-electron chi connectivity index (χ0n) is 12.9. The van der Waals surface area contributed by atoms with Gasteiger partial charge in [-0.2, -0.15) is 5.26 Å². The van der Waals surface area contributed by atoms with Crippen molar-refractivity contribution in [2.45, 2.75) is 26.0 Å². The molecule has 6 heteroatoms. The van der Waals surface area contributed by atoms with Gasteiger partial charge in [-0.05, 0) is 43.7 Å². The highest BCUT2D eigenvalue weighted by atomic mass is 16.5. The zero-order chi connectivity index (χ0) is 16.6. The van der Waals surface area contributed by atoms with Gasteiger partial charge in [-0.15, -0.1) is 0 Å². The molecule has 116 valence electrons. The number of anilines is 2. The highest BCUT2D eigenvalue weighted by Crippen LogP contribution is 2.37. The number of hydrogen-bond acceptors (Lipinski definition) is 5. The molecule has 0 saturated heterocycles. The predicted molar refractivity (Wildman–Crippen MR) is 85.7 cm³/mol. The number of carbonyl (C=O) groups excluding carboxylic acids is 1. The second-order valence-electron chi connectivity index (χ2n) is 5.87. The van der Waals surface area contributed by atoms with Crippen LogP contribution in [0.15, 0.2) is 36.4 Å². The van der Waals surface area contributed by atoms with E-state index in [4.69, 9.17) is 15.7 Å². The maximum absolute atomic E-state index is 12.7. The fraction of sp³-hybridized carbons (Fsp3) is 0.235. The van der Waals surface area contributed by atoms with Gasteiger partial charge in [-0.1, -0.05) is 12.1 Å². The van der Waals surface area contributed by atoms with Gasteiger partial charge in [0.25, 0.3) is 5.91 Å². The maximum atomic E-state index is 12.7. The monoisotopic (exact) mass is 308 g/mol. The first-order valence-corrected chi connectivity index (χ1v) is 7.17. The Morgan fingerprint density at radius 2 is 2.13 bits per heavy atom. The first-order chi connectivity index (χ1) is 10.9. The minimum atomic E-state index is -0.988. The molecule has 23 heavy (non-hydrogen) atoms. The number of nitrogens with zero attached hydrogens (tertiary/aromatic N) is 3. The van der Waals surface area contributed by atoms with Crippen LogP contribution in [0.4, 0.5) is 11.6 Å². The average Bonchev–Trinajstić information content (AvgIpc) is 2.53. The van der Waals surface area contributed by atoms with E-state index in [-0.39, 0.29) is 5.91 Å². The van der Waals surface area contributed by atoms with Gasteiger partial charge in [0.1, 0.15) is 5.82 Å². The van der Waals surface area contributed by atoms with Gasteiger partial charge in [-0.25, -0.2) is 4.98 Å². The first kappa shape index (κ1) is 14.9. The number of hydrogen-bond donors (Lipinski definition) is 1. The van der Waals surface area contributed by atoms with Crippen molar-refractivity contribution < 1.29 is 9.53 Å². The van der Waals surface area contributed by atoms with E-state index < -0.39 is 5.60 Å². The number of pyridine rings is 1. The molecule has 0 radical (unpaired) electrons. The normalized spacial score (nSPS) is 15.5. The molecular formula is C17H16N4O2. The molecule has 1 aromatic heterocycles. The van der Waals surface area contributed by atoms with Crippen molar-refractivity contribution in [3.63, 3.8) is 0 Å². The Morgan fingerprint density at radius 1 is 1.35 bits per heavy atom. The first-order valence-electron chi connectivity index (χ1n) is 7.17. The van der Waals surface area contributed by atoms with Gasteiger partial charge in [0.15, 0.2) is 17.2 Å². The van der Waals surface area contributed by atoms with E-state index in [1.54, 1.807) is 49.1 Å². The van der Waals surface area contributed by atoms with Crippen LogP contribution in [-0.4, -0.2) is 16.5 Å². The molecular weight excluding hydrogens is 292 g/mol. The van der Waals surface area contributed by atoms with Crippen LogP contribution in [0.5, 0.6) is 5.75 Å². The Balaban J connectivity index is 2.04. The topological polar surface area (TPSA) is 92.2 Å². The SMILES string of the molecule is CC1(C)Oc2ccc(N)nc2N(Cc2cccc(C#N)c2)C1=O. The predicted octanol–water partition coefficient (Wildman–Crippen LogP) is 2.24. The van der Waals surface area contributed by atoms with Crippen LogP contribution in [0.3, 0.4) is 0 Å². The lowest BCUT2D eigenvalue weighted by molar-refractivity contribution is -0.132. The minimum absolute atomic E-state index is 0.203. The van der Waals surface area contributed by atoms with Crippen LogP contribution >= 0.6 is 0 Å². The number of nitrogen functional groups attached to an aromatic ring is 1. The van der Waals surface area contributed by atoms with E-state index in [9.17, 15) is 4.79 Å². The second-order valence-corrected chi connectivity index (χ2v) is 5.87. The van der Waals surface area contributed by atoms with Crippen LogP contribution < -0.4 is 15.4 Å². The number of fused-ring (bicyclic) bond motifs is 1. The Labute approximate surface area is 134 Å². The Kier molecular flexibility index (Phi) is 3.41. The summed E-state index contributed by atoms with van der Waals surface area (Å²) >= 11 is 0. The fourth-order valence-electron chi connectivity index (χ4n) is 2.53. The van der Waals surface area contributed by atoms with Gasteiger partial charge >= 0.3 is 0 Å². The number of rotatable bonds is 2. The Morgan fingerprint density at radius 3 is 2.87 bits per heavy atom. The molecule has 1 aliphatic heterocycles. The van der Waals surface area contributed by atoms with E-state index in [1.807, 2.05) is 6.07 Å². The van der Waals surface area contributed by atoms with Crippen molar-refractivity contribution in [2.75, 3.05) is 10.6 Å². The summed E-state index contributed by atoms with van der Waals surface area (Å²) in [4.78, 5) is 18.5. The summed E-state index contributed by atoms with van der Waals surface area (Å²) in [7, 11) is 0. The Bertz CT molecular complexity index is 824. The van der Waals surface area contributed by atoms with Crippen molar-refractivity contribution in [2.24, 2.45) is 0 Å². The highest BCUT2D eigenvalue weighted by Gasteiger charge is 2.41. The summed E-state index contributed by atoms with van der Waals surface area (Å²) in [5, 5.41) is 9.02. The lowest BCUT2D eigenvalue weighted by Gasteiger charge is -2.38. The molecule has 2 heterocycles. The highest BCUT2D eigenvalue weighted by molar-refractivity contribution is 6.01. The molecule has 0 atom stereocenters. The van der Waals surface area contributed by atoms with Crippen molar-refractivity contribution in [3.8, 4) is 11.8 Å². The number of nitriles is 1. The molecule has 0 spiro atoms. The van der Waals surface area contributed by atoms with E-state index in [0.717, 1.165) is 5.56 Å². The number of aromatic nitrogens is 1. The van der Waals surface area contributed by atoms with Gasteiger partial charge < -0.3 is 10.5 Å². The van der Waals surface area contributed by atoms with Crippen LogP contribution in [0.25, 0.3) is 0 Å². The zero-order valence-corrected chi connectivity index (χ0v) is 12.9. The summed E-state index contributed by atoms with van der Waals surface area (Å²) in [6.07, 6.45) is 0. The van der Waals surface area contributed by atoms with E-state index in [2.05, 4.69) is 11.1 Å². The number of amides is 1. The van der Waals surface area contributed by atoms with Crippen molar-refractivity contribution in [1.82, 2.24) is 4.98 Å². The maximum Gasteiger partial charge on any atom is 0.272 e. The van der Waals surface area contributed by atoms with Crippen LogP contribution in [0.2, 0.25) is 0 Å². The molecule has 1 aliphatic rings. The molecule has 3 rings (SSSR count). The standard InChI is InChI=1S/C17H16N4O2/c1-17(2)16(22)21(10-12-5-3-4-11(8-12)9-18)15-13(23-17)6-7-14(19)20-15/h3-8H,10H2,1-2H3,(H2,19,20). The van der Waals surface area contributed by atoms with E-state index >= 15 is 0 Å². The number of ether oxygens (including phenoxy) is 1. The third-order valence-corrected chi connectivity index (χ3v) is 3.64. The quantitative estimate of drug-likeness (QED) is 0.918. The van der Waals surface area contributed by atoms with Crippen molar-refractivity contribution in [3.05, 3.63) is 47.5 Å². The van der Waals surface area contributed by atoms with Crippen LogP contribution in [0.1, 0.15) is 25.0 Å². The smallest absolute Gasteiger partial charge is 0.272 e.